The number of amides is 1. The van der Waals surface area contributed by atoms with Gasteiger partial charge in [-0.05, 0) is 25.0 Å². The average molecular weight is 282 g/mol. The predicted molar refractivity (Wildman–Crippen MR) is 72.6 cm³/mol. The molecule has 5 nitrogen and oxygen atoms in total. The molecule has 1 aromatic heterocycles. The van der Waals surface area contributed by atoms with E-state index in [0.29, 0.717) is 18.7 Å². The number of rotatable bonds is 4. The van der Waals surface area contributed by atoms with E-state index in [9.17, 15) is 13.2 Å². The van der Waals surface area contributed by atoms with Crippen molar-refractivity contribution in [1.82, 2.24) is 9.88 Å². The van der Waals surface area contributed by atoms with Crippen LogP contribution in [0.4, 0.5) is 0 Å². The Balaban J connectivity index is 2.19. The maximum absolute atomic E-state index is 12.4. The second kappa shape index (κ2) is 5.69. The minimum absolute atomic E-state index is 0.0750. The minimum atomic E-state index is -2.99. The molecule has 1 fully saturated rings. The lowest BCUT2D eigenvalue weighted by molar-refractivity contribution is 0.0691. The van der Waals surface area contributed by atoms with Crippen LogP contribution in [0.25, 0.3) is 0 Å². The third kappa shape index (κ3) is 3.32. The summed E-state index contributed by atoms with van der Waals surface area (Å²) in [5.41, 5.74) is 0.375. The second-order valence-electron chi connectivity index (χ2n) is 4.77. The molecule has 1 atom stereocenters. The van der Waals surface area contributed by atoms with Crippen molar-refractivity contribution >= 4 is 15.7 Å². The van der Waals surface area contributed by atoms with Crippen molar-refractivity contribution in [3.8, 4) is 0 Å². The molecule has 104 valence electrons. The number of aromatic nitrogens is 1. The summed E-state index contributed by atoms with van der Waals surface area (Å²) < 4.78 is 23.1. The Hall–Kier alpha value is -1.43. The number of sulfone groups is 1. The summed E-state index contributed by atoms with van der Waals surface area (Å²) in [6, 6.07) is 4.96. The fraction of sp³-hybridized carbons (Fsp3) is 0.538. The molecule has 0 unspecified atom stereocenters. The molecule has 1 aromatic rings. The van der Waals surface area contributed by atoms with Crippen LogP contribution in [0.1, 0.15) is 30.3 Å². The highest BCUT2D eigenvalue weighted by Gasteiger charge is 2.34. The Kier molecular flexibility index (Phi) is 4.19. The largest absolute Gasteiger partial charge is 0.333 e. The standard InChI is InChI=1S/C13H18N2O3S/c1-2-8-15(11-6-9-19(17,18)10-11)13(16)12-5-3-4-7-14-12/h3-5,7,11H,2,6,8-10H2,1H3/t11-/m1/s1. The molecular weight excluding hydrogens is 264 g/mol. The summed E-state index contributed by atoms with van der Waals surface area (Å²) in [7, 11) is -2.99. The molecule has 1 aliphatic heterocycles. The van der Waals surface area contributed by atoms with Gasteiger partial charge in [-0.15, -0.1) is 0 Å². The predicted octanol–water partition coefficient (Wildman–Crippen LogP) is 1.12. The van der Waals surface area contributed by atoms with Crippen molar-refractivity contribution in [2.24, 2.45) is 0 Å². The van der Waals surface area contributed by atoms with Gasteiger partial charge in [0.2, 0.25) is 0 Å². The Morgan fingerprint density at radius 1 is 1.47 bits per heavy atom. The Bertz CT molecular complexity index is 542. The summed E-state index contributed by atoms with van der Waals surface area (Å²) in [6.07, 6.45) is 2.90. The summed E-state index contributed by atoms with van der Waals surface area (Å²) >= 11 is 0. The maximum Gasteiger partial charge on any atom is 0.272 e. The van der Waals surface area contributed by atoms with Gasteiger partial charge in [0, 0.05) is 18.8 Å². The van der Waals surface area contributed by atoms with Gasteiger partial charge >= 0.3 is 0 Å². The van der Waals surface area contributed by atoms with Crippen LogP contribution < -0.4 is 0 Å². The van der Waals surface area contributed by atoms with Gasteiger partial charge in [0.15, 0.2) is 9.84 Å². The van der Waals surface area contributed by atoms with E-state index in [4.69, 9.17) is 0 Å². The minimum Gasteiger partial charge on any atom is -0.333 e. The number of nitrogens with zero attached hydrogens (tertiary/aromatic N) is 2. The zero-order chi connectivity index (χ0) is 13.9. The Labute approximate surface area is 113 Å². The summed E-state index contributed by atoms with van der Waals surface area (Å²) in [6.45, 7) is 2.54. The van der Waals surface area contributed by atoms with Crippen molar-refractivity contribution < 1.29 is 13.2 Å². The van der Waals surface area contributed by atoms with Crippen LogP contribution in [0.5, 0.6) is 0 Å². The molecular formula is C13H18N2O3S. The van der Waals surface area contributed by atoms with E-state index < -0.39 is 9.84 Å². The average Bonchev–Trinajstić information content (AvgIpc) is 2.76. The van der Waals surface area contributed by atoms with Gasteiger partial charge in [0.1, 0.15) is 5.69 Å². The molecule has 0 spiro atoms. The van der Waals surface area contributed by atoms with Crippen LogP contribution in [0.15, 0.2) is 24.4 Å². The van der Waals surface area contributed by atoms with Crippen molar-refractivity contribution in [2.45, 2.75) is 25.8 Å². The van der Waals surface area contributed by atoms with Gasteiger partial charge in [-0.3, -0.25) is 9.78 Å². The molecule has 0 bridgehead atoms. The van der Waals surface area contributed by atoms with Crippen molar-refractivity contribution in [2.75, 3.05) is 18.1 Å². The maximum atomic E-state index is 12.4. The molecule has 2 heterocycles. The monoisotopic (exact) mass is 282 g/mol. The fourth-order valence-corrected chi connectivity index (χ4v) is 4.08. The first-order chi connectivity index (χ1) is 9.03. The van der Waals surface area contributed by atoms with Gasteiger partial charge in [0.05, 0.1) is 11.5 Å². The van der Waals surface area contributed by atoms with Crippen molar-refractivity contribution in [3.05, 3.63) is 30.1 Å². The highest BCUT2D eigenvalue weighted by Crippen LogP contribution is 2.19. The van der Waals surface area contributed by atoms with Gasteiger partial charge in [-0.25, -0.2) is 8.42 Å². The molecule has 1 aliphatic rings. The molecule has 19 heavy (non-hydrogen) atoms. The third-order valence-corrected chi connectivity index (χ3v) is 5.01. The van der Waals surface area contributed by atoms with Gasteiger partial charge in [-0.2, -0.15) is 0 Å². The molecule has 2 rings (SSSR count). The van der Waals surface area contributed by atoms with Crippen LogP contribution in [0, 0.1) is 0 Å². The lowest BCUT2D eigenvalue weighted by atomic mass is 10.2. The zero-order valence-corrected chi connectivity index (χ0v) is 11.8. The van der Waals surface area contributed by atoms with E-state index in [1.54, 1.807) is 29.3 Å². The molecule has 1 amide bonds. The first-order valence-corrected chi connectivity index (χ1v) is 8.28. The van der Waals surface area contributed by atoms with Crippen LogP contribution in [-0.2, 0) is 9.84 Å². The van der Waals surface area contributed by atoms with Gasteiger partial charge < -0.3 is 4.90 Å². The number of hydrogen-bond donors (Lipinski definition) is 0. The van der Waals surface area contributed by atoms with Crippen LogP contribution in [-0.4, -0.2) is 48.3 Å². The highest BCUT2D eigenvalue weighted by atomic mass is 32.2. The second-order valence-corrected chi connectivity index (χ2v) is 7.00. The third-order valence-electron chi connectivity index (χ3n) is 3.26. The lowest BCUT2D eigenvalue weighted by Gasteiger charge is -2.27. The number of hydrogen-bond acceptors (Lipinski definition) is 4. The number of carbonyl (C=O) groups is 1. The van der Waals surface area contributed by atoms with E-state index in [-0.39, 0.29) is 23.5 Å². The van der Waals surface area contributed by atoms with Gasteiger partial charge in [0.25, 0.3) is 5.91 Å². The lowest BCUT2D eigenvalue weighted by Crippen LogP contribution is -2.42. The Morgan fingerprint density at radius 2 is 2.26 bits per heavy atom. The molecule has 0 radical (unpaired) electrons. The van der Waals surface area contributed by atoms with Crippen LogP contribution in [0.3, 0.4) is 0 Å². The highest BCUT2D eigenvalue weighted by molar-refractivity contribution is 7.91. The number of pyridine rings is 1. The molecule has 1 saturated heterocycles. The fourth-order valence-electron chi connectivity index (χ4n) is 2.35. The number of carbonyl (C=O) groups excluding carboxylic acids is 1. The van der Waals surface area contributed by atoms with E-state index in [0.717, 1.165) is 6.42 Å². The smallest absolute Gasteiger partial charge is 0.272 e. The van der Waals surface area contributed by atoms with E-state index in [1.807, 2.05) is 6.92 Å². The van der Waals surface area contributed by atoms with E-state index in [2.05, 4.69) is 4.98 Å². The molecule has 0 saturated carbocycles. The molecule has 0 N–H and O–H groups in total. The first-order valence-electron chi connectivity index (χ1n) is 6.46. The molecule has 0 aliphatic carbocycles. The summed E-state index contributed by atoms with van der Waals surface area (Å²) in [5.74, 6) is 0.0726. The normalized spacial score (nSPS) is 21.2. The zero-order valence-electron chi connectivity index (χ0n) is 10.9. The summed E-state index contributed by atoms with van der Waals surface area (Å²) in [5, 5.41) is 0. The summed E-state index contributed by atoms with van der Waals surface area (Å²) in [4.78, 5) is 18.1. The van der Waals surface area contributed by atoms with Crippen LogP contribution in [0.2, 0.25) is 0 Å². The molecule has 0 aromatic carbocycles. The molecule has 6 heteroatoms. The van der Waals surface area contributed by atoms with Gasteiger partial charge in [-0.1, -0.05) is 13.0 Å². The van der Waals surface area contributed by atoms with Crippen molar-refractivity contribution in [3.63, 3.8) is 0 Å². The van der Waals surface area contributed by atoms with E-state index >= 15 is 0 Å². The Morgan fingerprint density at radius 3 is 2.79 bits per heavy atom. The quantitative estimate of drug-likeness (QED) is 0.830. The SMILES string of the molecule is CCCN(C(=O)c1ccccn1)[C@@H]1CCS(=O)(=O)C1. The van der Waals surface area contributed by atoms with Crippen LogP contribution >= 0.6 is 0 Å². The first kappa shape index (κ1) is 14.0. The topological polar surface area (TPSA) is 67.3 Å². The van der Waals surface area contributed by atoms with E-state index in [1.165, 1.54) is 0 Å². The van der Waals surface area contributed by atoms with Crippen molar-refractivity contribution in [1.29, 1.82) is 0 Å².